The molecule has 1 atom stereocenters. The van der Waals surface area contributed by atoms with Crippen LogP contribution in [0.1, 0.15) is 18.4 Å². The first-order valence-electron chi connectivity index (χ1n) is 5.61. The van der Waals surface area contributed by atoms with Gasteiger partial charge in [-0.1, -0.05) is 12.2 Å². The minimum Gasteiger partial charge on any atom is -0.389 e. The second kappa shape index (κ2) is 5.42. The van der Waals surface area contributed by atoms with E-state index in [1.165, 1.54) is 6.07 Å². The summed E-state index contributed by atoms with van der Waals surface area (Å²) in [6, 6.07) is 4.71. The number of nitrogens with two attached hydrogens (primary N) is 1. The lowest BCUT2D eigenvalue weighted by atomic mass is 10.2. The topological polar surface area (TPSA) is 47.3 Å². The molecule has 1 aromatic carbocycles. The monoisotopic (exact) mass is 254 g/mol. The standard InChI is InChI=1S/C12H15FN2OS/c13-10-6-8(12(14)17)3-4-11(10)15-7-9-2-1-5-16-9/h3-4,6,9,15H,1-2,5,7H2,(H2,14,17). The fourth-order valence-corrected chi connectivity index (χ4v) is 1.97. The first kappa shape index (κ1) is 12.3. The largest absolute Gasteiger partial charge is 0.389 e. The van der Waals surface area contributed by atoms with Crippen molar-refractivity contribution >= 4 is 22.9 Å². The van der Waals surface area contributed by atoms with Gasteiger partial charge in [-0.15, -0.1) is 0 Å². The molecule has 17 heavy (non-hydrogen) atoms. The minimum atomic E-state index is -0.340. The number of hydrogen-bond donors (Lipinski definition) is 2. The van der Waals surface area contributed by atoms with E-state index in [9.17, 15) is 4.39 Å². The smallest absolute Gasteiger partial charge is 0.146 e. The fourth-order valence-electron chi connectivity index (χ4n) is 1.84. The molecule has 1 aliphatic rings. The van der Waals surface area contributed by atoms with Crippen LogP contribution in [0.25, 0.3) is 0 Å². The van der Waals surface area contributed by atoms with Gasteiger partial charge in [-0.3, -0.25) is 0 Å². The van der Waals surface area contributed by atoms with Gasteiger partial charge in [0.05, 0.1) is 11.8 Å². The van der Waals surface area contributed by atoms with E-state index < -0.39 is 0 Å². The molecule has 5 heteroatoms. The van der Waals surface area contributed by atoms with Crippen LogP contribution in [-0.4, -0.2) is 24.2 Å². The van der Waals surface area contributed by atoms with Crippen molar-refractivity contribution in [3.8, 4) is 0 Å². The summed E-state index contributed by atoms with van der Waals surface area (Å²) in [5.41, 5.74) is 6.43. The third-order valence-electron chi connectivity index (χ3n) is 2.80. The van der Waals surface area contributed by atoms with Crippen LogP contribution in [0.15, 0.2) is 18.2 Å². The quantitative estimate of drug-likeness (QED) is 0.807. The highest BCUT2D eigenvalue weighted by Crippen LogP contribution is 2.18. The van der Waals surface area contributed by atoms with Gasteiger partial charge in [-0.05, 0) is 31.0 Å². The molecule has 0 bridgehead atoms. The number of benzene rings is 1. The molecule has 3 nitrogen and oxygen atoms in total. The predicted molar refractivity (Wildman–Crippen MR) is 69.8 cm³/mol. The van der Waals surface area contributed by atoms with Crippen LogP contribution in [0.4, 0.5) is 10.1 Å². The van der Waals surface area contributed by atoms with Crippen molar-refractivity contribution in [1.29, 1.82) is 0 Å². The number of thiocarbonyl (C=S) groups is 1. The molecule has 1 heterocycles. The number of anilines is 1. The Morgan fingerprint density at radius 3 is 3.00 bits per heavy atom. The van der Waals surface area contributed by atoms with Gasteiger partial charge in [0.2, 0.25) is 0 Å². The van der Waals surface area contributed by atoms with Gasteiger partial charge in [0.15, 0.2) is 0 Å². The Morgan fingerprint density at radius 2 is 2.41 bits per heavy atom. The predicted octanol–water partition coefficient (Wildman–Crippen LogP) is 2.05. The molecule has 0 aromatic heterocycles. The van der Waals surface area contributed by atoms with E-state index in [0.717, 1.165) is 19.4 Å². The van der Waals surface area contributed by atoms with Gasteiger partial charge in [0.25, 0.3) is 0 Å². The SMILES string of the molecule is NC(=S)c1ccc(NCC2CCCO2)c(F)c1. The van der Waals surface area contributed by atoms with Crippen LogP contribution in [0.5, 0.6) is 0 Å². The Labute approximate surface area is 105 Å². The van der Waals surface area contributed by atoms with Crippen molar-refractivity contribution in [1.82, 2.24) is 0 Å². The third-order valence-corrected chi connectivity index (χ3v) is 3.03. The van der Waals surface area contributed by atoms with Crippen LogP contribution < -0.4 is 11.1 Å². The van der Waals surface area contributed by atoms with Gasteiger partial charge in [-0.2, -0.15) is 0 Å². The molecular formula is C12H15FN2OS. The molecule has 92 valence electrons. The summed E-state index contributed by atoms with van der Waals surface area (Å²) >= 11 is 4.79. The zero-order valence-electron chi connectivity index (χ0n) is 9.41. The second-order valence-corrected chi connectivity index (χ2v) is 4.51. The molecule has 3 N–H and O–H groups in total. The molecule has 1 aromatic rings. The van der Waals surface area contributed by atoms with Crippen LogP contribution >= 0.6 is 12.2 Å². The maximum atomic E-state index is 13.7. The van der Waals surface area contributed by atoms with Crippen LogP contribution in [0.3, 0.4) is 0 Å². The van der Waals surface area contributed by atoms with E-state index in [2.05, 4.69) is 5.32 Å². The average molecular weight is 254 g/mol. The van der Waals surface area contributed by atoms with Gasteiger partial charge >= 0.3 is 0 Å². The molecule has 0 radical (unpaired) electrons. The van der Waals surface area contributed by atoms with E-state index in [0.29, 0.717) is 17.8 Å². The lowest BCUT2D eigenvalue weighted by Gasteiger charge is -2.13. The van der Waals surface area contributed by atoms with E-state index in [1.54, 1.807) is 12.1 Å². The van der Waals surface area contributed by atoms with Crippen molar-refractivity contribution in [2.24, 2.45) is 5.73 Å². The first-order valence-corrected chi connectivity index (χ1v) is 6.02. The molecule has 0 aliphatic carbocycles. The summed E-state index contributed by atoms with van der Waals surface area (Å²) < 4.78 is 19.1. The Kier molecular flexibility index (Phi) is 3.91. The van der Waals surface area contributed by atoms with Crippen LogP contribution in [0, 0.1) is 5.82 Å². The van der Waals surface area contributed by atoms with Crippen molar-refractivity contribution in [3.63, 3.8) is 0 Å². The molecule has 0 saturated carbocycles. The molecule has 2 rings (SSSR count). The van der Waals surface area contributed by atoms with Crippen molar-refractivity contribution in [3.05, 3.63) is 29.6 Å². The maximum Gasteiger partial charge on any atom is 0.146 e. The van der Waals surface area contributed by atoms with Crippen LogP contribution in [-0.2, 0) is 4.74 Å². The van der Waals surface area contributed by atoms with Gasteiger partial charge in [0, 0.05) is 18.7 Å². The van der Waals surface area contributed by atoms with Gasteiger partial charge in [-0.25, -0.2) is 4.39 Å². The summed E-state index contributed by atoms with van der Waals surface area (Å²) in [5, 5.41) is 3.04. The molecule has 1 fully saturated rings. The Bertz CT molecular complexity index is 419. The van der Waals surface area contributed by atoms with E-state index in [4.69, 9.17) is 22.7 Å². The lowest BCUT2D eigenvalue weighted by Crippen LogP contribution is -2.19. The highest BCUT2D eigenvalue weighted by Gasteiger charge is 2.15. The maximum absolute atomic E-state index is 13.7. The molecular weight excluding hydrogens is 239 g/mol. The molecule has 1 saturated heterocycles. The Hall–Kier alpha value is -1.20. The molecule has 1 aliphatic heterocycles. The Balaban J connectivity index is 1.98. The summed E-state index contributed by atoms with van der Waals surface area (Å²) in [7, 11) is 0. The zero-order valence-corrected chi connectivity index (χ0v) is 10.2. The highest BCUT2D eigenvalue weighted by molar-refractivity contribution is 7.80. The lowest BCUT2D eigenvalue weighted by molar-refractivity contribution is 0.120. The third kappa shape index (κ3) is 3.14. The zero-order chi connectivity index (χ0) is 12.3. The minimum absolute atomic E-state index is 0.185. The number of hydrogen-bond acceptors (Lipinski definition) is 3. The normalized spacial score (nSPS) is 19.2. The van der Waals surface area contributed by atoms with E-state index in [-0.39, 0.29) is 16.9 Å². The molecule has 1 unspecified atom stereocenters. The second-order valence-electron chi connectivity index (χ2n) is 4.07. The van der Waals surface area contributed by atoms with Gasteiger partial charge in [0.1, 0.15) is 10.8 Å². The van der Waals surface area contributed by atoms with Crippen LogP contribution in [0.2, 0.25) is 0 Å². The van der Waals surface area contributed by atoms with Gasteiger partial charge < -0.3 is 15.8 Å². The van der Waals surface area contributed by atoms with E-state index >= 15 is 0 Å². The summed E-state index contributed by atoms with van der Waals surface area (Å²) in [6.07, 6.45) is 2.29. The highest BCUT2D eigenvalue weighted by atomic mass is 32.1. The summed E-state index contributed by atoms with van der Waals surface area (Å²) in [6.45, 7) is 1.43. The molecule has 0 amide bonds. The first-order chi connectivity index (χ1) is 8.16. The number of nitrogens with one attached hydrogen (secondary N) is 1. The Morgan fingerprint density at radius 1 is 1.59 bits per heavy atom. The molecule has 0 spiro atoms. The average Bonchev–Trinajstić information content (AvgIpc) is 2.80. The number of ether oxygens (including phenoxy) is 1. The fraction of sp³-hybridized carbons (Fsp3) is 0.417. The number of rotatable bonds is 4. The summed E-state index contributed by atoms with van der Waals surface area (Å²) in [5.74, 6) is -0.340. The van der Waals surface area contributed by atoms with Crippen molar-refractivity contribution in [2.45, 2.75) is 18.9 Å². The summed E-state index contributed by atoms with van der Waals surface area (Å²) in [4.78, 5) is 0.203. The number of halogens is 1. The van der Waals surface area contributed by atoms with Crippen molar-refractivity contribution in [2.75, 3.05) is 18.5 Å². The van der Waals surface area contributed by atoms with E-state index in [1.807, 2.05) is 0 Å². The van der Waals surface area contributed by atoms with Crippen molar-refractivity contribution < 1.29 is 9.13 Å².